The fourth-order valence-corrected chi connectivity index (χ4v) is 3.15. The molecule has 0 fully saturated rings. The molecule has 0 bridgehead atoms. The molecule has 0 heterocycles. The van der Waals surface area contributed by atoms with Crippen LogP contribution in [0.4, 0.5) is 4.39 Å². The molecule has 122 valence electrons. The van der Waals surface area contributed by atoms with Gasteiger partial charge < -0.3 is 4.74 Å². The molecule has 9 heteroatoms. The molecule has 0 atom stereocenters. The Hall–Kier alpha value is -1.67. The van der Waals surface area contributed by atoms with Crippen LogP contribution in [0.1, 0.15) is 15.9 Å². The van der Waals surface area contributed by atoms with E-state index in [0.717, 1.165) is 12.1 Å². The molecule has 0 amide bonds. The first-order chi connectivity index (χ1) is 10.7. The zero-order valence-corrected chi connectivity index (χ0v) is 13.8. The largest absolute Gasteiger partial charge is 0.457 e. The number of ether oxygens (including phenoxy) is 1. The second-order valence-electron chi connectivity index (χ2n) is 4.51. The van der Waals surface area contributed by atoms with E-state index in [1.54, 1.807) is 6.07 Å². The Balaban J connectivity index is 2.26. The summed E-state index contributed by atoms with van der Waals surface area (Å²) in [7, 11) is -4.13. The molecule has 0 saturated carbocycles. The SMILES string of the molecule is NS(=O)(=O)c1cc(C(=O)OCc2cccc(F)c2)c(Cl)cc1Cl. The molecular formula is C14H10Cl2FNO4S. The molecule has 0 aliphatic heterocycles. The van der Waals surface area contributed by atoms with E-state index in [-0.39, 0.29) is 22.2 Å². The van der Waals surface area contributed by atoms with E-state index in [0.29, 0.717) is 5.56 Å². The van der Waals surface area contributed by atoms with E-state index in [1.165, 1.54) is 18.2 Å². The molecule has 0 aliphatic rings. The number of rotatable bonds is 4. The standard InChI is InChI=1S/C14H10Cl2FNO4S/c15-11-6-12(16)13(23(18,20)21)5-10(11)14(19)22-7-8-2-1-3-9(17)4-8/h1-6H,7H2,(H2,18,20,21). The van der Waals surface area contributed by atoms with Gasteiger partial charge in [-0.1, -0.05) is 35.3 Å². The van der Waals surface area contributed by atoms with Crippen LogP contribution >= 0.6 is 23.2 Å². The zero-order valence-electron chi connectivity index (χ0n) is 11.4. The van der Waals surface area contributed by atoms with Crippen molar-refractivity contribution >= 4 is 39.2 Å². The van der Waals surface area contributed by atoms with E-state index in [9.17, 15) is 17.6 Å². The number of halogens is 3. The van der Waals surface area contributed by atoms with Crippen LogP contribution in [-0.4, -0.2) is 14.4 Å². The third-order valence-corrected chi connectivity index (χ3v) is 4.50. The molecule has 0 aromatic heterocycles. The van der Waals surface area contributed by atoms with Crippen LogP contribution in [-0.2, 0) is 21.4 Å². The lowest BCUT2D eigenvalue weighted by atomic mass is 10.2. The number of sulfonamides is 1. The Kier molecular flexibility index (Phi) is 5.26. The maximum atomic E-state index is 13.1. The summed E-state index contributed by atoms with van der Waals surface area (Å²) in [4.78, 5) is 11.6. The summed E-state index contributed by atoms with van der Waals surface area (Å²) in [6, 6.07) is 7.50. The second kappa shape index (κ2) is 6.84. The van der Waals surface area contributed by atoms with Crippen molar-refractivity contribution in [2.45, 2.75) is 11.5 Å². The fourth-order valence-electron chi connectivity index (χ4n) is 1.76. The predicted molar refractivity (Wildman–Crippen MR) is 83.4 cm³/mol. The summed E-state index contributed by atoms with van der Waals surface area (Å²) in [5.41, 5.74) is 0.214. The molecule has 2 N–H and O–H groups in total. The fraction of sp³-hybridized carbons (Fsp3) is 0.0714. The van der Waals surface area contributed by atoms with E-state index in [4.69, 9.17) is 33.1 Å². The van der Waals surface area contributed by atoms with Crippen LogP contribution in [0.2, 0.25) is 10.0 Å². The Morgan fingerprint density at radius 2 is 1.87 bits per heavy atom. The summed E-state index contributed by atoms with van der Waals surface area (Å²) in [5.74, 6) is -1.36. The van der Waals surface area contributed by atoms with Crippen molar-refractivity contribution in [3.8, 4) is 0 Å². The highest BCUT2D eigenvalue weighted by Gasteiger charge is 2.20. The monoisotopic (exact) mass is 377 g/mol. The van der Waals surface area contributed by atoms with E-state index < -0.39 is 26.7 Å². The normalized spacial score (nSPS) is 11.3. The van der Waals surface area contributed by atoms with Crippen molar-refractivity contribution < 1.29 is 22.3 Å². The molecule has 2 rings (SSSR count). The number of hydrogen-bond acceptors (Lipinski definition) is 4. The number of carbonyl (C=O) groups is 1. The Bertz CT molecular complexity index is 871. The summed E-state index contributed by atoms with van der Waals surface area (Å²) in [6.45, 7) is -0.208. The summed E-state index contributed by atoms with van der Waals surface area (Å²) >= 11 is 11.6. The van der Waals surface area contributed by atoms with Crippen molar-refractivity contribution in [1.82, 2.24) is 0 Å². The minimum Gasteiger partial charge on any atom is -0.457 e. The van der Waals surface area contributed by atoms with Gasteiger partial charge >= 0.3 is 5.97 Å². The lowest BCUT2D eigenvalue weighted by Gasteiger charge is -2.09. The molecule has 0 spiro atoms. The zero-order chi connectivity index (χ0) is 17.2. The average Bonchev–Trinajstić information content (AvgIpc) is 2.43. The molecule has 0 aliphatic carbocycles. The number of primary sulfonamides is 1. The molecule has 0 unspecified atom stereocenters. The number of hydrogen-bond donors (Lipinski definition) is 1. The van der Waals surface area contributed by atoms with Gasteiger partial charge in [0.15, 0.2) is 0 Å². The van der Waals surface area contributed by atoms with Gasteiger partial charge in [0.2, 0.25) is 10.0 Å². The van der Waals surface area contributed by atoms with Crippen LogP contribution in [0.5, 0.6) is 0 Å². The summed E-state index contributed by atoms with van der Waals surface area (Å²) < 4.78 is 40.9. The minimum atomic E-state index is -4.13. The first-order valence-electron chi connectivity index (χ1n) is 6.12. The third-order valence-electron chi connectivity index (χ3n) is 2.81. The predicted octanol–water partition coefficient (Wildman–Crippen LogP) is 3.14. The number of carbonyl (C=O) groups excluding carboxylic acids is 1. The maximum absolute atomic E-state index is 13.1. The molecular weight excluding hydrogens is 368 g/mol. The van der Waals surface area contributed by atoms with Crippen molar-refractivity contribution in [2.75, 3.05) is 0 Å². The highest BCUT2D eigenvalue weighted by Crippen LogP contribution is 2.28. The Morgan fingerprint density at radius 1 is 1.17 bits per heavy atom. The van der Waals surface area contributed by atoms with Gasteiger partial charge in [-0.15, -0.1) is 0 Å². The highest BCUT2D eigenvalue weighted by molar-refractivity contribution is 7.89. The lowest BCUT2D eigenvalue weighted by molar-refractivity contribution is 0.0472. The van der Waals surface area contributed by atoms with Crippen molar-refractivity contribution in [3.63, 3.8) is 0 Å². The highest BCUT2D eigenvalue weighted by atomic mass is 35.5. The number of benzene rings is 2. The third kappa shape index (κ3) is 4.42. The maximum Gasteiger partial charge on any atom is 0.340 e. The Morgan fingerprint density at radius 3 is 2.48 bits per heavy atom. The van der Waals surface area contributed by atoms with Crippen LogP contribution in [0, 0.1) is 5.82 Å². The van der Waals surface area contributed by atoms with Crippen molar-refractivity contribution in [2.24, 2.45) is 5.14 Å². The molecule has 5 nitrogen and oxygen atoms in total. The minimum absolute atomic E-state index is 0.0911. The van der Waals surface area contributed by atoms with Crippen molar-refractivity contribution in [3.05, 3.63) is 63.4 Å². The van der Waals surface area contributed by atoms with Gasteiger partial charge in [0.1, 0.15) is 17.3 Å². The molecule has 2 aromatic carbocycles. The Labute approximate surface area is 141 Å². The van der Waals surface area contributed by atoms with E-state index in [2.05, 4.69) is 0 Å². The van der Waals surface area contributed by atoms with Gasteiger partial charge in [-0.05, 0) is 29.8 Å². The van der Waals surface area contributed by atoms with Crippen LogP contribution in [0.25, 0.3) is 0 Å². The molecule has 0 radical (unpaired) electrons. The van der Waals surface area contributed by atoms with Gasteiger partial charge in [-0.3, -0.25) is 0 Å². The molecule has 23 heavy (non-hydrogen) atoms. The van der Waals surface area contributed by atoms with Crippen LogP contribution in [0.15, 0.2) is 41.3 Å². The second-order valence-corrected chi connectivity index (χ2v) is 6.86. The van der Waals surface area contributed by atoms with Crippen LogP contribution < -0.4 is 5.14 Å². The average molecular weight is 378 g/mol. The van der Waals surface area contributed by atoms with Gasteiger partial charge in [0.05, 0.1) is 15.6 Å². The summed E-state index contributed by atoms with van der Waals surface area (Å²) in [6.07, 6.45) is 0. The van der Waals surface area contributed by atoms with Gasteiger partial charge in [-0.25, -0.2) is 22.7 Å². The smallest absolute Gasteiger partial charge is 0.340 e. The molecule has 2 aromatic rings. The number of nitrogens with two attached hydrogens (primary N) is 1. The van der Waals surface area contributed by atoms with E-state index >= 15 is 0 Å². The van der Waals surface area contributed by atoms with E-state index in [1.807, 2.05) is 0 Å². The topological polar surface area (TPSA) is 86.5 Å². The van der Waals surface area contributed by atoms with Gasteiger partial charge in [0.25, 0.3) is 0 Å². The quantitative estimate of drug-likeness (QED) is 0.829. The molecule has 0 saturated heterocycles. The van der Waals surface area contributed by atoms with Gasteiger partial charge in [-0.2, -0.15) is 0 Å². The first kappa shape index (κ1) is 17.7. The van der Waals surface area contributed by atoms with Crippen LogP contribution in [0.3, 0.4) is 0 Å². The lowest BCUT2D eigenvalue weighted by Crippen LogP contribution is -2.15. The van der Waals surface area contributed by atoms with Crippen molar-refractivity contribution in [1.29, 1.82) is 0 Å². The summed E-state index contributed by atoms with van der Waals surface area (Å²) in [5, 5.41) is 4.71. The first-order valence-corrected chi connectivity index (χ1v) is 8.42. The number of esters is 1. The van der Waals surface area contributed by atoms with Gasteiger partial charge in [0, 0.05) is 0 Å².